The second-order valence-corrected chi connectivity index (χ2v) is 8.57. The Morgan fingerprint density at radius 3 is 2.47 bits per heavy atom. The molecule has 0 aliphatic heterocycles. The monoisotopic (exact) mass is 434 g/mol. The third-order valence-corrected chi connectivity index (χ3v) is 6.34. The van der Waals surface area contributed by atoms with Gasteiger partial charge in [0.05, 0.1) is 10.5 Å². The molecule has 0 radical (unpaired) electrons. The summed E-state index contributed by atoms with van der Waals surface area (Å²) in [6.45, 7) is 3.69. The highest BCUT2D eigenvalue weighted by molar-refractivity contribution is 7.89. The van der Waals surface area contributed by atoms with E-state index in [0.29, 0.717) is 12.0 Å². The Hall–Kier alpha value is -2.71. The lowest BCUT2D eigenvalue weighted by molar-refractivity contribution is -0.139. The standard InChI is InChI=1S/C22H21F3N2O2S/c1-3-20(17-8-6-7-16(13-17)18-11-12-26-14-15(18)2)27-30(28,29)21-10-5-4-9-19(21)22(23,24)25/h4-14,20,27H,3H2,1-2H3. The van der Waals surface area contributed by atoms with Gasteiger partial charge in [-0.2, -0.15) is 13.2 Å². The van der Waals surface area contributed by atoms with Crippen LogP contribution in [0.5, 0.6) is 0 Å². The Kier molecular flexibility index (Phi) is 6.28. The summed E-state index contributed by atoms with van der Waals surface area (Å²) in [6, 6.07) is 12.6. The van der Waals surface area contributed by atoms with Crippen LogP contribution in [-0.2, 0) is 16.2 Å². The van der Waals surface area contributed by atoms with Crippen LogP contribution in [0.4, 0.5) is 13.2 Å². The molecule has 0 bridgehead atoms. The predicted octanol–water partition coefficient (Wildman–Crippen LogP) is 5.51. The first-order valence-corrected chi connectivity index (χ1v) is 10.8. The van der Waals surface area contributed by atoms with Gasteiger partial charge in [-0.25, -0.2) is 13.1 Å². The maximum Gasteiger partial charge on any atom is 0.417 e. The summed E-state index contributed by atoms with van der Waals surface area (Å²) in [5.74, 6) is 0. The fourth-order valence-electron chi connectivity index (χ4n) is 3.29. The van der Waals surface area contributed by atoms with Gasteiger partial charge in [0, 0.05) is 18.4 Å². The van der Waals surface area contributed by atoms with Gasteiger partial charge in [0.2, 0.25) is 10.0 Å². The van der Waals surface area contributed by atoms with Crippen LogP contribution in [0, 0.1) is 6.92 Å². The lowest BCUT2D eigenvalue weighted by Gasteiger charge is -2.20. The van der Waals surface area contributed by atoms with Crippen LogP contribution in [0.1, 0.15) is 36.1 Å². The van der Waals surface area contributed by atoms with E-state index < -0.39 is 32.7 Å². The summed E-state index contributed by atoms with van der Waals surface area (Å²) >= 11 is 0. The molecule has 1 unspecified atom stereocenters. The van der Waals surface area contributed by atoms with E-state index in [9.17, 15) is 21.6 Å². The zero-order chi connectivity index (χ0) is 21.9. The van der Waals surface area contributed by atoms with Gasteiger partial charge in [0.25, 0.3) is 0 Å². The molecule has 1 atom stereocenters. The summed E-state index contributed by atoms with van der Waals surface area (Å²) in [5.41, 5.74) is 2.27. The molecule has 158 valence electrons. The van der Waals surface area contributed by atoms with E-state index in [4.69, 9.17) is 0 Å². The average Bonchev–Trinajstić information content (AvgIpc) is 2.72. The number of nitrogens with zero attached hydrogens (tertiary/aromatic N) is 1. The largest absolute Gasteiger partial charge is 0.417 e. The first-order valence-electron chi connectivity index (χ1n) is 9.33. The Bertz CT molecular complexity index is 1140. The van der Waals surface area contributed by atoms with E-state index in [-0.39, 0.29) is 0 Å². The second kappa shape index (κ2) is 8.57. The van der Waals surface area contributed by atoms with Gasteiger partial charge >= 0.3 is 6.18 Å². The summed E-state index contributed by atoms with van der Waals surface area (Å²) in [4.78, 5) is 3.29. The third-order valence-electron chi connectivity index (χ3n) is 4.81. The molecule has 0 saturated heterocycles. The molecular weight excluding hydrogens is 413 g/mol. The molecule has 0 aliphatic carbocycles. The fraction of sp³-hybridized carbons (Fsp3) is 0.227. The maximum absolute atomic E-state index is 13.3. The highest BCUT2D eigenvalue weighted by Gasteiger charge is 2.37. The predicted molar refractivity (Wildman–Crippen MR) is 109 cm³/mol. The summed E-state index contributed by atoms with van der Waals surface area (Å²) < 4.78 is 68.0. The van der Waals surface area contributed by atoms with Crippen LogP contribution in [0.15, 0.2) is 71.9 Å². The topological polar surface area (TPSA) is 59.1 Å². The van der Waals surface area contributed by atoms with E-state index >= 15 is 0 Å². The molecule has 8 heteroatoms. The normalized spacial score (nSPS) is 13.2. The van der Waals surface area contributed by atoms with Crippen molar-refractivity contribution in [2.45, 2.75) is 37.4 Å². The highest BCUT2D eigenvalue weighted by Crippen LogP contribution is 2.35. The number of alkyl halides is 3. The Morgan fingerprint density at radius 2 is 1.80 bits per heavy atom. The van der Waals surface area contributed by atoms with Gasteiger partial charge in [0.15, 0.2) is 0 Å². The molecule has 30 heavy (non-hydrogen) atoms. The van der Waals surface area contributed by atoms with Gasteiger partial charge in [-0.05, 0) is 59.9 Å². The first kappa shape index (κ1) is 22.0. The molecule has 3 aromatic rings. The number of aromatic nitrogens is 1. The number of benzene rings is 2. The van der Waals surface area contributed by atoms with Crippen molar-refractivity contribution < 1.29 is 21.6 Å². The molecule has 1 N–H and O–H groups in total. The van der Waals surface area contributed by atoms with Crippen molar-refractivity contribution in [1.29, 1.82) is 0 Å². The molecule has 0 fully saturated rings. The number of hydrogen-bond acceptors (Lipinski definition) is 3. The third kappa shape index (κ3) is 4.71. The number of hydrogen-bond donors (Lipinski definition) is 1. The molecule has 2 aromatic carbocycles. The van der Waals surface area contributed by atoms with E-state index in [0.717, 1.165) is 28.8 Å². The fourth-order valence-corrected chi connectivity index (χ4v) is 4.83. The van der Waals surface area contributed by atoms with E-state index in [2.05, 4.69) is 9.71 Å². The second-order valence-electron chi connectivity index (χ2n) is 6.89. The molecule has 0 aliphatic rings. The highest BCUT2D eigenvalue weighted by atomic mass is 32.2. The van der Waals surface area contributed by atoms with Gasteiger partial charge < -0.3 is 0 Å². The minimum absolute atomic E-state index is 0.367. The van der Waals surface area contributed by atoms with Crippen LogP contribution >= 0.6 is 0 Å². The SMILES string of the molecule is CCC(NS(=O)(=O)c1ccccc1C(F)(F)F)c1cccc(-c2ccncc2C)c1. The summed E-state index contributed by atoms with van der Waals surface area (Å²) in [7, 11) is -4.40. The van der Waals surface area contributed by atoms with Crippen LogP contribution in [0.2, 0.25) is 0 Å². The van der Waals surface area contributed by atoms with Crippen molar-refractivity contribution in [3.63, 3.8) is 0 Å². The van der Waals surface area contributed by atoms with Crippen LogP contribution < -0.4 is 4.72 Å². The minimum atomic E-state index is -4.77. The number of halogens is 3. The molecule has 0 saturated carbocycles. The Balaban J connectivity index is 1.97. The Morgan fingerprint density at radius 1 is 1.07 bits per heavy atom. The molecule has 0 amide bonds. The van der Waals surface area contributed by atoms with Crippen molar-refractivity contribution in [3.8, 4) is 11.1 Å². The molecule has 1 aromatic heterocycles. The van der Waals surface area contributed by atoms with E-state index in [1.54, 1.807) is 31.5 Å². The Labute approximate surface area is 173 Å². The van der Waals surface area contributed by atoms with Gasteiger partial charge in [0.1, 0.15) is 0 Å². The van der Waals surface area contributed by atoms with Gasteiger partial charge in [-0.15, -0.1) is 0 Å². The number of sulfonamides is 1. The summed E-state index contributed by atoms with van der Waals surface area (Å²) in [5, 5.41) is 0. The maximum atomic E-state index is 13.3. The zero-order valence-electron chi connectivity index (χ0n) is 16.4. The molecule has 3 rings (SSSR count). The van der Waals surface area contributed by atoms with Crippen LogP contribution in [-0.4, -0.2) is 13.4 Å². The van der Waals surface area contributed by atoms with Gasteiger partial charge in [-0.3, -0.25) is 4.98 Å². The molecular formula is C22H21F3N2O2S. The number of pyridine rings is 1. The van der Waals surface area contributed by atoms with E-state index in [1.165, 1.54) is 12.1 Å². The van der Waals surface area contributed by atoms with Crippen molar-refractivity contribution in [1.82, 2.24) is 9.71 Å². The minimum Gasteiger partial charge on any atom is -0.264 e. The molecule has 1 heterocycles. The lowest BCUT2D eigenvalue weighted by Crippen LogP contribution is -2.30. The summed E-state index contributed by atoms with van der Waals surface area (Å²) in [6.07, 6.45) is -1.00. The lowest BCUT2D eigenvalue weighted by atomic mass is 9.97. The number of aryl methyl sites for hydroxylation is 1. The molecule has 4 nitrogen and oxygen atoms in total. The first-order chi connectivity index (χ1) is 14.1. The quantitative estimate of drug-likeness (QED) is 0.557. The van der Waals surface area contributed by atoms with Crippen molar-refractivity contribution in [3.05, 3.63) is 83.7 Å². The van der Waals surface area contributed by atoms with Crippen molar-refractivity contribution >= 4 is 10.0 Å². The average molecular weight is 434 g/mol. The van der Waals surface area contributed by atoms with E-state index in [1.807, 2.05) is 25.1 Å². The van der Waals surface area contributed by atoms with Crippen molar-refractivity contribution in [2.75, 3.05) is 0 Å². The van der Waals surface area contributed by atoms with Crippen molar-refractivity contribution in [2.24, 2.45) is 0 Å². The number of rotatable bonds is 6. The van der Waals surface area contributed by atoms with Gasteiger partial charge in [-0.1, -0.05) is 37.3 Å². The molecule has 0 spiro atoms. The zero-order valence-corrected chi connectivity index (χ0v) is 17.3. The van der Waals surface area contributed by atoms with Crippen LogP contribution in [0.3, 0.4) is 0 Å². The smallest absolute Gasteiger partial charge is 0.264 e. The van der Waals surface area contributed by atoms with Crippen LogP contribution in [0.25, 0.3) is 11.1 Å². The number of nitrogens with one attached hydrogen (secondary N) is 1.